The van der Waals surface area contributed by atoms with E-state index in [1.807, 2.05) is 73.7 Å². The van der Waals surface area contributed by atoms with Gasteiger partial charge in [-0.3, -0.25) is 9.59 Å². The van der Waals surface area contributed by atoms with Gasteiger partial charge in [0.05, 0.1) is 24.8 Å². The zero-order valence-corrected chi connectivity index (χ0v) is 16.3. The van der Waals surface area contributed by atoms with E-state index in [0.29, 0.717) is 23.6 Å². The van der Waals surface area contributed by atoms with Crippen LogP contribution < -0.4 is 15.4 Å². The second-order valence-corrected chi connectivity index (χ2v) is 6.48. The van der Waals surface area contributed by atoms with E-state index < -0.39 is 6.04 Å². The van der Waals surface area contributed by atoms with Crippen molar-refractivity contribution in [2.45, 2.75) is 19.4 Å². The summed E-state index contributed by atoms with van der Waals surface area (Å²) in [5, 5.41) is 5.87. The quantitative estimate of drug-likeness (QED) is 0.593. The molecule has 1 atom stereocenters. The minimum atomic E-state index is -0.455. The molecule has 3 aromatic rings. The number of nitrogens with one attached hydrogen (secondary N) is 2. The van der Waals surface area contributed by atoms with E-state index in [9.17, 15) is 9.59 Å². The third-order valence-electron chi connectivity index (χ3n) is 4.39. The summed E-state index contributed by atoms with van der Waals surface area (Å²) in [5.74, 6) is 0.189. The highest BCUT2D eigenvalue weighted by molar-refractivity contribution is 5.96. The zero-order chi connectivity index (χ0) is 20.5. The molecule has 0 fully saturated rings. The topological polar surface area (TPSA) is 67.4 Å². The summed E-state index contributed by atoms with van der Waals surface area (Å²) in [4.78, 5) is 25.4. The maximum absolute atomic E-state index is 12.8. The van der Waals surface area contributed by atoms with Crippen LogP contribution in [0.15, 0.2) is 84.9 Å². The standard InChI is InChI=1S/C24H24N2O3/c1-2-29-22-16-10-9-15-20(22)25-23(27)17-21(18-11-5-3-6-12-18)26-24(28)19-13-7-4-8-14-19/h3-16,21H,2,17H2,1H3,(H,25,27)(H,26,28). The Kier molecular flexibility index (Phi) is 7.00. The maximum atomic E-state index is 12.8. The van der Waals surface area contributed by atoms with Gasteiger partial charge >= 0.3 is 0 Å². The molecule has 3 rings (SSSR count). The summed E-state index contributed by atoms with van der Waals surface area (Å²) in [5.41, 5.74) is 2.03. The summed E-state index contributed by atoms with van der Waals surface area (Å²) in [6, 6.07) is 25.3. The lowest BCUT2D eigenvalue weighted by Gasteiger charge is -2.20. The van der Waals surface area contributed by atoms with Gasteiger partial charge in [-0.05, 0) is 36.8 Å². The molecule has 2 N–H and O–H groups in total. The predicted octanol–water partition coefficient (Wildman–Crippen LogP) is 4.59. The van der Waals surface area contributed by atoms with E-state index in [2.05, 4.69) is 10.6 Å². The van der Waals surface area contributed by atoms with Crippen molar-refractivity contribution in [3.8, 4) is 5.75 Å². The number of carbonyl (C=O) groups is 2. The molecule has 0 aliphatic carbocycles. The van der Waals surface area contributed by atoms with E-state index in [-0.39, 0.29) is 18.2 Å². The van der Waals surface area contributed by atoms with E-state index in [1.54, 1.807) is 18.2 Å². The lowest BCUT2D eigenvalue weighted by Crippen LogP contribution is -2.31. The number of anilines is 1. The molecule has 5 nitrogen and oxygen atoms in total. The smallest absolute Gasteiger partial charge is 0.251 e. The van der Waals surface area contributed by atoms with Crippen molar-refractivity contribution in [1.29, 1.82) is 0 Å². The van der Waals surface area contributed by atoms with Crippen molar-refractivity contribution < 1.29 is 14.3 Å². The summed E-state index contributed by atoms with van der Waals surface area (Å²) >= 11 is 0. The molecule has 2 amide bonds. The number of para-hydroxylation sites is 2. The van der Waals surface area contributed by atoms with Gasteiger partial charge in [0.15, 0.2) is 0 Å². The molecular formula is C24H24N2O3. The first-order chi connectivity index (χ1) is 14.2. The summed E-state index contributed by atoms with van der Waals surface area (Å²) in [6.07, 6.45) is 0.100. The van der Waals surface area contributed by atoms with Gasteiger partial charge in [0.25, 0.3) is 5.91 Å². The Bertz CT molecular complexity index is 943. The van der Waals surface area contributed by atoms with Gasteiger partial charge in [-0.25, -0.2) is 0 Å². The first-order valence-electron chi connectivity index (χ1n) is 9.60. The zero-order valence-electron chi connectivity index (χ0n) is 16.3. The highest BCUT2D eigenvalue weighted by atomic mass is 16.5. The molecule has 0 saturated carbocycles. The Morgan fingerprint density at radius 3 is 2.17 bits per heavy atom. The van der Waals surface area contributed by atoms with Crippen LogP contribution in [0.2, 0.25) is 0 Å². The third-order valence-corrected chi connectivity index (χ3v) is 4.39. The molecule has 0 radical (unpaired) electrons. The van der Waals surface area contributed by atoms with Crippen LogP contribution in [0.4, 0.5) is 5.69 Å². The van der Waals surface area contributed by atoms with Crippen molar-refractivity contribution in [1.82, 2.24) is 5.32 Å². The second-order valence-electron chi connectivity index (χ2n) is 6.48. The Balaban J connectivity index is 1.75. The minimum absolute atomic E-state index is 0.100. The van der Waals surface area contributed by atoms with Crippen LogP contribution in [0.25, 0.3) is 0 Å². The lowest BCUT2D eigenvalue weighted by molar-refractivity contribution is -0.116. The Labute approximate surface area is 170 Å². The number of hydrogen-bond acceptors (Lipinski definition) is 3. The van der Waals surface area contributed by atoms with Crippen LogP contribution >= 0.6 is 0 Å². The molecular weight excluding hydrogens is 364 g/mol. The van der Waals surface area contributed by atoms with Gasteiger partial charge in [-0.2, -0.15) is 0 Å². The largest absolute Gasteiger partial charge is 0.492 e. The molecule has 29 heavy (non-hydrogen) atoms. The number of carbonyl (C=O) groups excluding carboxylic acids is 2. The number of hydrogen-bond donors (Lipinski definition) is 2. The van der Waals surface area contributed by atoms with Gasteiger partial charge in [0.2, 0.25) is 5.91 Å². The average molecular weight is 388 g/mol. The molecule has 5 heteroatoms. The highest BCUT2D eigenvalue weighted by Gasteiger charge is 2.20. The highest BCUT2D eigenvalue weighted by Crippen LogP contribution is 2.25. The van der Waals surface area contributed by atoms with Crippen LogP contribution in [-0.2, 0) is 4.79 Å². The normalized spacial score (nSPS) is 11.3. The predicted molar refractivity (Wildman–Crippen MR) is 114 cm³/mol. The molecule has 0 spiro atoms. The first kappa shape index (κ1) is 20.1. The third kappa shape index (κ3) is 5.69. The molecule has 0 heterocycles. The molecule has 0 saturated heterocycles. The van der Waals surface area contributed by atoms with E-state index in [4.69, 9.17) is 4.74 Å². The first-order valence-corrected chi connectivity index (χ1v) is 9.60. The molecule has 3 aromatic carbocycles. The number of amides is 2. The van der Waals surface area contributed by atoms with Gasteiger partial charge < -0.3 is 15.4 Å². The molecule has 1 unspecified atom stereocenters. The van der Waals surface area contributed by atoms with Crippen molar-refractivity contribution in [2.75, 3.05) is 11.9 Å². The molecule has 0 aromatic heterocycles. The number of rotatable bonds is 8. The monoisotopic (exact) mass is 388 g/mol. The van der Waals surface area contributed by atoms with Crippen LogP contribution in [0.5, 0.6) is 5.75 Å². The minimum Gasteiger partial charge on any atom is -0.492 e. The second kappa shape index (κ2) is 10.1. The Morgan fingerprint density at radius 2 is 1.48 bits per heavy atom. The summed E-state index contributed by atoms with van der Waals surface area (Å²) in [6.45, 7) is 2.40. The van der Waals surface area contributed by atoms with Crippen molar-refractivity contribution in [3.63, 3.8) is 0 Å². The fourth-order valence-corrected chi connectivity index (χ4v) is 3.01. The van der Waals surface area contributed by atoms with Crippen molar-refractivity contribution in [3.05, 3.63) is 96.1 Å². The van der Waals surface area contributed by atoms with Crippen LogP contribution in [0.1, 0.15) is 35.3 Å². The Hall–Kier alpha value is -3.60. The van der Waals surface area contributed by atoms with Crippen LogP contribution in [0.3, 0.4) is 0 Å². The van der Waals surface area contributed by atoms with Crippen LogP contribution in [0, 0.1) is 0 Å². The fourth-order valence-electron chi connectivity index (χ4n) is 3.01. The van der Waals surface area contributed by atoms with Gasteiger partial charge in [-0.15, -0.1) is 0 Å². The van der Waals surface area contributed by atoms with Crippen molar-refractivity contribution >= 4 is 17.5 Å². The molecule has 0 bridgehead atoms. The van der Waals surface area contributed by atoms with E-state index >= 15 is 0 Å². The van der Waals surface area contributed by atoms with Gasteiger partial charge in [0, 0.05) is 5.56 Å². The average Bonchev–Trinajstić information content (AvgIpc) is 2.76. The molecule has 148 valence electrons. The maximum Gasteiger partial charge on any atom is 0.251 e. The van der Waals surface area contributed by atoms with E-state index in [0.717, 1.165) is 5.56 Å². The molecule has 0 aliphatic rings. The fraction of sp³-hybridized carbons (Fsp3) is 0.167. The van der Waals surface area contributed by atoms with Gasteiger partial charge in [-0.1, -0.05) is 60.7 Å². The summed E-state index contributed by atoms with van der Waals surface area (Å²) in [7, 11) is 0. The molecule has 0 aliphatic heterocycles. The van der Waals surface area contributed by atoms with E-state index in [1.165, 1.54) is 0 Å². The SMILES string of the molecule is CCOc1ccccc1NC(=O)CC(NC(=O)c1ccccc1)c1ccccc1. The summed E-state index contributed by atoms with van der Waals surface area (Å²) < 4.78 is 5.57. The number of ether oxygens (including phenoxy) is 1. The number of benzene rings is 3. The van der Waals surface area contributed by atoms with Crippen LogP contribution in [-0.4, -0.2) is 18.4 Å². The Morgan fingerprint density at radius 1 is 0.862 bits per heavy atom. The van der Waals surface area contributed by atoms with Crippen molar-refractivity contribution in [2.24, 2.45) is 0 Å². The van der Waals surface area contributed by atoms with Gasteiger partial charge in [0.1, 0.15) is 5.75 Å². The lowest BCUT2D eigenvalue weighted by atomic mass is 10.0.